The molecule has 0 aliphatic carbocycles. The maximum atomic E-state index is 5.46. The number of benzene rings is 2. The van der Waals surface area contributed by atoms with Crippen molar-refractivity contribution in [3.8, 4) is 5.75 Å². The van der Waals surface area contributed by atoms with Crippen molar-refractivity contribution in [1.29, 1.82) is 0 Å². The number of pyridine rings is 1. The van der Waals surface area contributed by atoms with Crippen LogP contribution in [0.4, 0.5) is 5.82 Å². The number of piperidine rings is 1. The number of aryl methyl sites for hydroxylation is 1. The van der Waals surface area contributed by atoms with E-state index >= 15 is 0 Å². The van der Waals surface area contributed by atoms with Crippen molar-refractivity contribution in [3.63, 3.8) is 0 Å². The van der Waals surface area contributed by atoms with Gasteiger partial charge < -0.3 is 14.2 Å². The van der Waals surface area contributed by atoms with Gasteiger partial charge >= 0.3 is 0 Å². The summed E-state index contributed by atoms with van der Waals surface area (Å²) in [6.45, 7) is 7.33. The van der Waals surface area contributed by atoms with E-state index in [1.54, 1.807) is 7.11 Å². The standard InChI is InChI=1S/C28H31N3O.ClH/c1-20-21(2)31(18-22-9-7-13-25(17-22)32-3)27-26(20)14-15-29-28(27)30-16-8-12-24(19-30)23-10-5-4-6-11-23;/h4-7,9-11,13-15,17,24H,8,12,16,18-19H2,1-3H3;1H. The first-order valence-corrected chi connectivity index (χ1v) is 11.5. The van der Waals surface area contributed by atoms with Gasteiger partial charge in [-0.05, 0) is 61.6 Å². The van der Waals surface area contributed by atoms with Gasteiger partial charge in [-0.15, -0.1) is 12.4 Å². The number of rotatable bonds is 5. The summed E-state index contributed by atoms with van der Waals surface area (Å²) in [6, 6.07) is 21.5. The van der Waals surface area contributed by atoms with Gasteiger partial charge in [-0.2, -0.15) is 0 Å². The van der Waals surface area contributed by atoms with Gasteiger partial charge in [0, 0.05) is 42.8 Å². The number of ether oxygens (including phenoxy) is 1. The Balaban J connectivity index is 0.00000259. The Morgan fingerprint density at radius 3 is 2.64 bits per heavy atom. The minimum atomic E-state index is 0. The summed E-state index contributed by atoms with van der Waals surface area (Å²) < 4.78 is 7.90. The molecule has 5 heteroatoms. The second-order valence-corrected chi connectivity index (χ2v) is 8.87. The van der Waals surface area contributed by atoms with E-state index < -0.39 is 0 Å². The Kier molecular flexibility index (Phi) is 6.94. The van der Waals surface area contributed by atoms with Gasteiger partial charge in [-0.25, -0.2) is 4.98 Å². The van der Waals surface area contributed by atoms with Crippen LogP contribution >= 0.6 is 12.4 Å². The smallest absolute Gasteiger partial charge is 0.153 e. The topological polar surface area (TPSA) is 30.3 Å². The Bertz CT molecular complexity index is 1230. The molecule has 1 aliphatic heterocycles. The van der Waals surface area contributed by atoms with Crippen LogP contribution in [0, 0.1) is 13.8 Å². The van der Waals surface area contributed by atoms with Crippen LogP contribution in [0.2, 0.25) is 0 Å². The number of halogens is 1. The molecule has 2 aromatic heterocycles. The highest BCUT2D eigenvalue weighted by molar-refractivity contribution is 5.93. The summed E-state index contributed by atoms with van der Waals surface area (Å²) in [4.78, 5) is 7.43. The lowest BCUT2D eigenvalue weighted by Gasteiger charge is -2.34. The fourth-order valence-corrected chi connectivity index (χ4v) is 5.13. The first kappa shape index (κ1) is 23.2. The summed E-state index contributed by atoms with van der Waals surface area (Å²) in [6.07, 6.45) is 4.40. The second-order valence-electron chi connectivity index (χ2n) is 8.87. The van der Waals surface area contributed by atoms with Crippen LogP contribution in [-0.4, -0.2) is 29.8 Å². The van der Waals surface area contributed by atoms with Crippen LogP contribution in [0.3, 0.4) is 0 Å². The molecule has 0 N–H and O–H groups in total. The lowest BCUT2D eigenvalue weighted by molar-refractivity contribution is 0.414. The van der Waals surface area contributed by atoms with Gasteiger partial charge in [-0.1, -0.05) is 42.5 Å². The third-order valence-corrected chi connectivity index (χ3v) is 6.99. The minimum Gasteiger partial charge on any atom is -0.497 e. The summed E-state index contributed by atoms with van der Waals surface area (Å²) in [5.41, 5.74) is 6.55. The predicted octanol–water partition coefficient (Wildman–Crippen LogP) is 6.52. The number of methoxy groups -OCH3 is 1. The molecule has 0 radical (unpaired) electrons. The molecule has 2 aromatic carbocycles. The van der Waals surface area contributed by atoms with E-state index in [9.17, 15) is 0 Å². The zero-order valence-corrected chi connectivity index (χ0v) is 20.4. The van der Waals surface area contributed by atoms with E-state index in [1.165, 1.54) is 46.1 Å². The molecule has 4 nitrogen and oxygen atoms in total. The molecule has 1 aliphatic rings. The lowest BCUT2D eigenvalue weighted by Crippen LogP contribution is -2.35. The molecule has 0 amide bonds. The van der Waals surface area contributed by atoms with Gasteiger partial charge in [-0.3, -0.25) is 0 Å². The molecule has 3 heterocycles. The van der Waals surface area contributed by atoms with Crippen molar-refractivity contribution in [3.05, 3.63) is 89.2 Å². The fraction of sp³-hybridized carbons (Fsp3) is 0.321. The van der Waals surface area contributed by atoms with Crippen LogP contribution in [0.15, 0.2) is 66.9 Å². The van der Waals surface area contributed by atoms with Crippen molar-refractivity contribution >= 4 is 29.1 Å². The zero-order chi connectivity index (χ0) is 22.1. The average molecular weight is 462 g/mol. The summed E-state index contributed by atoms with van der Waals surface area (Å²) in [5.74, 6) is 2.56. The van der Waals surface area contributed by atoms with Gasteiger partial charge in [0.1, 0.15) is 5.75 Å². The highest BCUT2D eigenvalue weighted by Crippen LogP contribution is 2.36. The molecule has 1 saturated heterocycles. The van der Waals surface area contributed by atoms with Gasteiger partial charge in [0.05, 0.1) is 12.6 Å². The molecule has 1 unspecified atom stereocenters. The minimum absolute atomic E-state index is 0. The highest BCUT2D eigenvalue weighted by Gasteiger charge is 2.25. The SMILES string of the molecule is COc1cccc(Cn2c(C)c(C)c3ccnc(N4CCCC(c5ccccc5)C4)c32)c1.Cl. The first-order chi connectivity index (χ1) is 15.7. The maximum absolute atomic E-state index is 5.46. The highest BCUT2D eigenvalue weighted by atomic mass is 35.5. The molecule has 5 rings (SSSR count). The number of hydrogen-bond donors (Lipinski definition) is 0. The number of nitrogens with zero attached hydrogens (tertiary/aromatic N) is 3. The van der Waals surface area contributed by atoms with Crippen LogP contribution < -0.4 is 9.64 Å². The molecule has 33 heavy (non-hydrogen) atoms. The van der Waals surface area contributed by atoms with E-state index in [-0.39, 0.29) is 12.4 Å². The van der Waals surface area contributed by atoms with Crippen molar-refractivity contribution in [2.75, 3.05) is 25.1 Å². The third kappa shape index (κ3) is 4.45. The van der Waals surface area contributed by atoms with E-state index in [2.05, 4.69) is 77.9 Å². The van der Waals surface area contributed by atoms with Crippen molar-refractivity contribution in [2.45, 2.75) is 39.2 Å². The lowest BCUT2D eigenvalue weighted by atomic mass is 9.90. The van der Waals surface area contributed by atoms with Crippen molar-refractivity contribution in [2.24, 2.45) is 0 Å². The third-order valence-electron chi connectivity index (χ3n) is 6.99. The van der Waals surface area contributed by atoms with Crippen LogP contribution in [0.5, 0.6) is 5.75 Å². The van der Waals surface area contributed by atoms with Crippen LogP contribution in [0.1, 0.15) is 41.1 Å². The van der Waals surface area contributed by atoms with Gasteiger partial charge in [0.2, 0.25) is 0 Å². The average Bonchev–Trinajstić information content (AvgIpc) is 3.10. The van der Waals surface area contributed by atoms with E-state index in [4.69, 9.17) is 9.72 Å². The van der Waals surface area contributed by atoms with Crippen LogP contribution in [0.25, 0.3) is 10.9 Å². The Hall–Kier alpha value is -2.98. The summed E-state index contributed by atoms with van der Waals surface area (Å²) >= 11 is 0. The molecule has 1 fully saturated rings. The summed E-state index contributed by atoms with van der Waals surface area (Å²) in [7, 11) is 1.72. The first-order valence-electron chi connectivity index (χ1n) is 11.5. The fourth-order valence-electron chi connectivity index (χ4n) is 5.13. The zero-order valence-electron chi connectivity index (χ0n) is 19.6. The normalized spacial score (nSPS) is 16.0. The van der Waals surface area contributed by atoms with Gasteiger partial charge in [0.25, 0.3) is 0 Å². The molecular weight excluding hydrogens is 430 g/mol. The number of hydrogen-bond acceptors (Lipinski definition) is 3. The second kappa shape index (κ2) is 9.88. The van der Waals surface area contributed by atoms with E-state index in [1.807, 2.05) is 12.3 Å². The van der Waals surface area contributed by atoms with Crippen molar-refractivity contribution < 1.29 is 4.74 Å². The number of aromatic nitrogens is 2. The molecule has 172 valence electrons. The van der Waals surface area contributed by atoms with E-state index in [0.29, 0.717) is 5.92 Å². The Labute approximate surface area is 202 Å². The molecule has 0 bridgehead atoms. The number of fused-ring (bicyclic) bond motifs is 1. The monoisotopic (exact) mass is 461 g/mol. The quantitative estimate of drug-likeness (QED) is 0.339. The predicted molar refractivity (Wildman–Crippen MR) is 139 cm³/mol. The molecular formula is C28H32ClN3O. The van der Waals surface area contributed by atoms with Crippen LogP contribution in [-0.2, 0) is 6.54 Å². The molecule has 4 aromatic rings. The molecule has 0 saturated carbocycles. The number of anilines is 1. The largest absolute Gasteiger partial charge is 0.497 e. The Morgan fingerprint density at radius 2 is 1.85 bits per heavy atom. The summed E-state index contributed by atoms with van der Waals surface area (Å²) in [5, 5.41) is 1.30. The Morgan fingerprint density at radius 1 is 1.03 bits per heavy atom. The van der Waals surface area contributed by atoms with Gasteiger partial charge in [0.15, 0.2) is 5.82 Å². The van der Waals surface area contributed by atoms with E-state index in [0.717, 1.165) is 31.2 Å². The molecule has 0 spiro atoms. The maximum Gasteiger partial charge on any atom is 0.153 e. The molecule has 1 atom stereocenters. The van der Waals surface area contributed by atoms with Crippen molar-refractivity contribution in [1.82, 2.24) is 9.55 Å².